The molecule has 1 fully saturated rings. The van der Waals surface area contributed by atoms with E-state index < -0.39 is 23.9 Å². The second-order valence-electron chi connectivity index (χ2n) is 7.39. The zero-order valence-corrected chi connectivity index (χ0v) is 17.2. The minimum Gasteiger partial charge on any atom is -0.481 e. The van der Waals surface area contributed by atoms with E-state index >= 15 is 0 Å². The first-order chi connectivity index (χ1) is 14.8. The summed E-state index contributed by atoms with van der Waals surface area (Å²) in [5.41, 5.74) is 5.79. The summed E-state index contributed by atoms with van der Waals surface area (Å²) in [5.74, 6) is -1.17. The van der Waals surface area contributed by atoms with Crippen molar-refractivity contribution in [1.82, 2.24) is 15.3 Å². The largest absolute Gasteiger partial charge is 0.481 e. The first kappa shape index (κ1) is 22.1. The van der Waals surface area contributed by atoms with E-state index in [0.29, 0.717) is 11.6 Å². The van der Waals surface area contributed by atoms with Gasteiger partial charge in [-0.25, -0.2) is 19.2 Å². The van der Waals surface area contributed by atoms with E-state index in [1.165, 1.54) is 13.3 Å². The van der Waals surface area contributed by atoms with Crippen LogP contribution in [0.1, 0.15) is 36.5 Å². The molecule has 0 unspecified atom stereocenters. The Balaban J connectivity index is 1.93. The van der Waals surface area contributed by atoms with Crippen LogP contribution in [0.2, 0.25) is 0 Å². The van der Waals surface area contributed by atoms with Gasteiger partial charge in [-0.15, -0.1) is 0 Å². The molecule has 0 spiro atoms. The fourth-order valence-corrected chi connectivity index (χ4v) is 3.50. The second-order valence-corrected chi connectivity index (χ2v) is 7.39. The Morgan fingerprint density at radius 1 is 1.32 bits per heavy atom. The molecule has 6 N–H and O–H groups in total. The van der Waals surface area contributed by atoms with Gasteiger partial charge < -0.3 is 31.5 Å². The molecule has 3 rings (SSSR count). The van der Waals surface area contributed by atoms with Crippen LogP contribution in [0.3, 0.4) is 0 Å². The second kappa shape index (κ2) is 9.45. The number of aromatic nitrogens is 2. The summed E-state index contributed by atoms with van der Waals surface area (Å²) in [6.45, 7) is 1.71. The molecule has 11 heteroatoms. The number of hydrogen-bond donors (Lipinski definition) is 5. The highest BCUT2D eigenvalue weighted by Crippen LogP contribution is 2.34. The number of nitrogens with two attached hydrogens (primary N) is 1. The van der Waals surface area contributed by atoms with Gasteiger partial charge in [0.05, 0.1) is 18.7 Å². The predicted octanol–water partition coefficient (Wildman–Crippen LogP) is 2.70. The van der Waals surface area contributed by atoms with Gasteiger partial charge in [0.15, 0.2) is 11.6 Å². The van der Waals surface area contributed by atoms with Crippen LogP contribution in [0.5, 0.6) is 5.88 Å². The van der Waals surface area contributed by atoms with E-state index in [9.17, 15) is 14.0 Å². The van der Waals surface area contributed by atoms with Crippen molar-refractivity contribution < 1.29 is 23.8 Å². The summed E-state index contributed by atoms with van der Waals surface area (Å²) in [5, 5.41) is 17.5. The number of amides is 2. The standard InChI is InChI=1S/C20H25FN6O4/c1-10(24-20(29)30)16(11-4-3-5-11)26-19-14(21)9-13(17(22)28)18(27-19)25-12-6-7-23-15(8-12)31-2/h6-11,16,24H,3-5H2,1-2H3,(H2,22,28)(H,29,30)(H2,23,25,26,27)/t10-,16-/m0/s1. The maximum Gasteiger partial charge on any atom is 0.404 e. The number of ether oxygens (including phenoxy) is 1. The van der Waals surface area contributed by atoms with Gasteiger partial charge in [-0.1, -0.05) is 6.42 Å². The molecule has 0 radical (unpaired) electrons. The Labute approximate surface area is 178 Å². The van der Waals surface area contributed by atoms with E-state index in [1.54, 1.807) is 19.1 Å². The molecular weight excluding hydrogens is 407 g/mol. The highest BCUT2D eigenvalue weighted by Gasteiger charge is 2.33. The zero-order chi connectivity index (χ0) is 22.5. The highest BCUT2D eigenvalue weighted by molar-refractivity contribution is 5.98. The van der Waals surface area contributed by atoms with Crippen LogP contribution in [0.25, 0.3) is 0 Å². The molecule has 1 saturated carbocycles. The maximum absolute atomic E-state index is 14.8. The smallest absolute Gasteiger partial charge is 0.404 e. The monoisotopic (exact) mass is 432 g/mol. The van der Waals surface area contributed by atoms with Gasteiger partial charge in [0, 0.05) is 24.0 Å². The summed E-state index contributed by atoms with van der Waals surface area (Å²) in [6.07, 6.45) is 3.15. The van der Waals surface area contributed by atoms with Crippen molar-refractivity contribution in [2.75, 3.05) is 17.7 Å². The van der Waals surface area contributed by atoms with Crippen molar-refractivity contribution in [3.05, 3.63) is 35.8 Å². The molecule has 31 heavy (non-hydrogen) atoms. The number of rotatable bonds is 9. The molecule has 0 aromatic carbocycles. The quantitative estimate of drug-likeness (QED) is 0.406. The van der Waals surface area contributed by atoms with Crippen LogP contribution < -0.4 is 26.4 Å². The highest BCUT2D eigenvalue weighted by atomic mass is 19.1. The summed E-state index contributed by atoms with van der Waals surface area (Å²) in [4.78, 5) is 31.2. The molecule has 1 aliphatic carbocycles. The first-order valence-electron chi connectivity index (χ1n) is 9.82. The molecule has 2 heterocycles. The van der Waals surface area contributed by atoms with Crippen molar-refractivity contribution in [3.63, 3.8) is 0 Å². The number of methoxy groups -OCH3 is 1. The van der Waals surface area contributed by atoms with E-state index in [0.717, 1.165) is 25.3 Å². The number of nitrogens with one attached hydrogen (secondary N) is 3. The van der Waals surface area contributed by atoms with Crippen molar-refractivity contribution in [1.29, 1.82) is 0 Å². The zero-order valence-electron chi connectivity index (χ0n) is 17.2. The van der Waals surface area contributed by atoms with E-state index in [2.05, 4.69) is 25.9 Å². The van der Waals surface area contributed by atoms with Gasteiger partial charge in [-0.05, 0) is 37.8 Å². The van der Waals surface area contributed by atoms with Gasteiger partial charge in [0.25, 0.3) is 5.91 Å². The minimum atomic E-state index is -1.16. The molecular formula is C20H25FN6O4. The van der Waals surface area contributed by atoms with Crippen LogP contribution in [0, 0.1) is 11.7 Å². The number of primary amides is 1. The van der Waals surface area contributed by atoms with Crippen molar-refractivity contribution >= 4 is 29.3 Å². The average Bonchev–Trinajstić information content (AvgIpc) is 2.67. The molecule has 2 atom stereocenters. The molecule has 2 amide bonds. The predicted molar refractivity (Wildman–Crippen MR) is 112 cm³/mol. The molecule has 0 aliphatic heterocycles. The molecule has 10 nitrogen and oxygen atoms in total. The third-order valence-electron chi connectivity index (χ3n) is 5.30. The molecule has 2 aromatic heterocycles. The summed E-state index contributed by atoms with van der Waals surface area (Å²) < 4.78 is 19.9. The Kier molecular flexibility index (Phi) is 6.73. The molecule has 1 aliphatic rings. The van der Waals surface area contributed by atoms with Crippen LogP contribution in [-0.4, -0.2) is 46.3 Å². The van der Waals surface area contributed by atoms with Crippen LogP contribution in [0.4, 0.5) is 26.5 Å². The maximum atomic E-state index is 14.8. The Hall–Kier alpha value is -3.63. The molecule has 0 bridgehead atoms. The number of halogens is 1. The van der Waals surface area contributed by atoms with Gasteiger partial charge in [-0.2, -0.15) is 0 Å². The average molecular weight is 432 g/mol. The topological polar surface area (TPSA) is 151 Å². The van der Waals surface area contributed by atoms with Gasteiger partial charge >= 0.3 is 6.09 Å². The van der Waals surface area contributed by atoms with Crippen molar-refractivity contribution in [2.24, 2.45) is 11.7 Å². The third kappa shape index (κ3) is 5.30. The Bertz CT molecular complexity index is 969. The van der Waals surface area contributed by atoms with Crippen LogP contribution in [-0.2, 0) is 0 Å². The number of anilines is 3. The molecule has 0 saturated heterocycles. The lowest BCUT2D eigenvalue weighted by atomic mass is 9.77. The lowest BCUT2D eigenvalue weighted by Crippen LogP contribution is -2.50. The van der Waals surface area contributed by atoms with Crippen molar-refractivity contribution in [3.8, 4) is 5.88 Å². The van der Waals surface area contributed by atoms with Gasteiger partial charge in [0.1, 0.15) is 5.82 Å². The summed E-state index contributed by atoms with van der Waals surface area (Å²) in [7, 11) is 1.46. The molecule has 2 aromatic rings. The Morgan fingerprint density at radius 2 is 2.06 bits per heavy atom. The number of carboxylic acid groups (broad SMARTS) is 1. The minimum absolute atomic E-state index is 0.0517. The Morgan fingerprint density at radius 3 is 2.65 bits per heavy atom. The van der Waals surface area contributed by atoms with E-state index in [4.69, 9.17) is 15.6 Å². The lowest BCUT2D eigenvalue weighted by molar-refractivity contribution is 0.1000. The first-order valence-corrected chi connectivity index (χ1v) is 9.82. The number of nitrogens with zero attached hydrogens (tertiary/aromatic N) is 2. The summed E-state index contributed by atoms with van der Waals surface area (Å²) >= 11 is 0. The van der Waals surface area contributed by atoms with Crippen LogP contribution in [0.15, 0.2) is 24.4 Å². The van der Waals surface area contributed by atoms with Crippen molar-refractivity contribution in [2.45, 2.75) is 38.3 Å². The SMILES string of the molecule is COc1cc(Nc2nc(N[C@H](C3CCC3)[C@H](C)NC(=O)O)c(F)cc2C(N)=O)ccn1. The lowest BCUT2D eigenvalue weighted by Gasteiger charge is -2.38. The molecule has 166 valence electrons. The normalized spacial score (nSPS) is 15.3. The van der Waals surface area contributed by atoms with Crippen LogP contribution >= 0.6 is 0 Å². The number of hydrogen-bond acceptors (Lipinski definition) is 7. The summed E-state index contributed by atoms with van der Waals surface area (Å²) in [6, 6.07) is 3.35. The van der Waals surface area contributed by atoms with E-state index in [-0.39, 0.29) is 29.2 Å². The van der Waals surface area contributed by atoms with Gasteiger partial charge in [-0.3, -0.25) is 4.79 Å². The van der Waals surface area contributed by atoms with Gasteiger partial charge in [0.2, 0.25) is 5.88 Å². The number of carbonyl (C=O) groups is 2. The number of carbonyl (C=O) groups excluding carboxylic acids is 1. The van der Waals surface area contributed by atoms with E-state index in [1.807, 2.05) is 0 Å². The fraction of sp³-hybridized carbons (Fsp3) is 0.400. The number of pyridine rings is 2. The third-order valence-corrected chi connectivity index (χ3v) is 5.30. The fourth-order valence-electron chi connectivity index (χ4n) is 3.50.